The fourth-order valence-electron chi connectivity index (χ4n) is 1.61. The van der Waals surface area contributed by atoms with E-state index in [-0.39, 0.29) is 0 Å². The molecule has 1 aromatic carbocycles. The predicted octanol–water partition coefficient (Wildman–Crippen LogP) is 4.46. The molecule has 0 amide bonds. The van der Waals surface area contributed by atoms with Crippen LogP contribution in [0.15, 0.2) is 58.6 Å². The van der Waals surface area contributed by atoms with Crippen LogP contribution in [0.4, 0.5) is 0 Å². The van der Waals surface area contributed by atoms with Gasteiger partial charge < -0.3 is 4.42 Å². The monoisotopic (exact) mass is 243 g/mol. The van der Waals surface area contributed by atoms with E-state index >= 15 is 0 Å². The third-order valence-electron chi connectivity index (χ3n) is 2.25. The molecule has 0 unspecified atom stereocenters. The Morgan fingerprint density at radius 1 is 1.24 bits per heavy atom. The number of fused-ring (bicyclic) bond motifs is 3. The van der Waals surface area contributed by atoms with Gasteiger partial charge >= 0.3 is 0 Å². The Morgan fingerprint density at radius 3 is 2.71 bits per heavy atom. The largest absolute Gasteiger partial charge is 0.456 e. The maximum Gasteiger partial charge on any atom is 0.138 e. The Labute approximate surface area is 105 Å². The van der Waals surface area contributed by atoms with E-state index in [0.717, 1.165) is 26.8 Å². The molecule has 3 aromatic rings. The number of hydrogen-bond donors (Lipinski definition) is 1. The molecule has 17 heavy (non-hydrogen) atoms. The lowest BCUT2D eigenvalue weighted by Crippen LogP contribution is -1.69. The van der Waals surface area contributed by atoms with E-state index in [1.54, 1.807) is 12.3 Å². The predicted molar refractivity (Wildman–Crippen MR) is 74.6 cm³/mol. The van der Waals surface area contributed by atoms with Gasteiger partial charge in [-0.25, -0.2) is 0 Å². The van der Waals surface area contributed by atoms with Crippen LogP contribution >= 0.6 is 12.6 Å². The molecule has 2 aromatic heterocycles. The number of aromatic nitrogens is 1. The Bertz CT molecular complexity index is 657. The standard InChI is InChI=1S/C11H7NOS.C3H6/c14-7-1-2-10-8(5-7)9-6-12-4-3-11(9)13-10;1-3-2/h1-6,14H;3H,1H2,2H3. The van der Waals surface area contributed by atoms with Gasteiger partial charge in [0, 0.05) is 28.1 Å². The first-order valence-electron chi connectivity index (χ1n) is 5.28. The molecule has 0 saturated heterocycles. The molecule has 0 radical (unpaired) electrons. The highest BCUT2D eigenvalue weighted by molar-refractivity contribution is 7.80. The van der Waals surface area contributed by atoms with E-state index in [1.165, 1.54) is 0 Å². The second-order valence-corrected chi connectivity index (χ2v) is 4.08. The molecule has 0 aliphatic heterocycles. The van der Waals surface area contributed by atoms with Gasteiger partial charge in [0.2, 0.25) is 0 Å². The number of pyridine rings is 1. The number of nitrogens with zero attached hydrogens (tertiary/aromatic N) is 1. The van der Waals surface area contributed by atoms with Crippen LogP contribution in [0.2, 0.25) is 0 Å². The van der Waals surface area contributed by atoms with Crippen molar-refractivity contribution in [1.29, 1.82) is 0 Å². The SMILES string of the molecule is C=CC.Sc1ccc2oc3ccncc3c2c1. The minimum Gasteiger partial charge on any atom is -0.456 e. The van der Waals surface area contributed by atoms with Gasteiger partial charge in [-0.05, 0) is 31.2 Å². The highest BCUT2D eigenvalue weighted by Gasteiger charge is 2.05. The Morgan fingerprint density at radius 2 is 1.94 bits per heavy atom. The molecule has 0 N–H and O–H groups in total. The lowest BCUT2D eigenvalue weighted by atomic mass is 10.2. The van der Waals surface area contributed by atoms with Gasteiger partial charge in [0.15, 0.2) is 0 Å². The topological polar surface area (TPSA) is 26.0 Å². The Kier molecular flexibility index (Phi) is 3.49. The molecule has 2 heterocycles. The first kappa shape index (κ1) is 11.7. The number of allylic oxidation sites excluding steroid dienone is 1. The van der Waals surface area contributed by atoms with Crippen molar-refractivity contribution in [2.75, 3.05) is 0 Å². The Hall–Kier alpha value is -1.74. The van der Waals surface area contributed by atoms with Crippen molar-refractivity contribution in [1.82, 2.24) is 4.98 Å². The lowest BCUT2D eigenvalue weighted by Gasteiger charge is -1.90. The summed E-state index contributed by atoms with van der Waals surface area (Å²) >= 11 is 4.30. The molecular formula is C14H13NOS. The van der Waals surface area contributed by atoms with Gasteiger partial charge in [-0.2, -0.15) is 0 Å². The van der Waals surface area contributed by atoms with Gasteiger partial charge in [0.25, 0.3) is 0 Å². The summed E-state index contributed by atoms with van der Waals surface area (Å²) in [6.07, 6.45) is 5.29. The van der Waals surface area contributed by atoms with Crippen molar-refractivity contribution < 1.29 is 4.42 Å². The van der Waals surface area contributed by atoms with E-state index in [1.807, 2.05) is 37.4 Å². The third-order valence-corrected chi connectivity index (χ3v) is 2.53. The van der Waals surface area contributed by atoms with Crippen LogP contribution in [0, 0.1) is 0 Å². The maximum absolute atomic E-state index is 5.63. The van der Waals surface area contributed by atoms with Crippen LogP contribution in [0.5, 0.6) is 0 Å². The number of hydrogen-bond acceptors (Lipinski definition) is 3. The zero-order chi connectivity index (χ0) is 12.3. The zero-order valence-electron chi connectivity index (χ0n) is 9.55. The van der Waals surface area contributed by atoms with Crippen molar-refractivity contribution in [3.05, 3.63) is 49.3 Å². The van der Waals surface area contributed by atoms with Crippen LogP contribution in [-0.4, -0.2) is 4.98 Å². The van der Waals surface area contributed by atoms with Crippen molar-refractivity contribution in [2.45, 2.75) is 11.8 Å². The van der Waals surface area contributed by atoms with Gasteiger partial charge in [-0.15, -0.1) is 19.2 Å². The molecule has 0 saturated carbocycles. The molecule has 0 atom stereocenters. The molecule has 3 rings (SSSR count). The summed E-state index contributed by atoms with van der Waals surface area (Å²) in [5.41, 5.74) is 1.75. The lowest BCUT2D eigenvalue weighted by molar-refractivity contribution is 0.668. The normalized spacial score (nSPS) is 10.0. The molecule has 0 fully saturated rings. The van der Waals surface area contributed by atoms with Crippen LogP contribution < -0.4 is 0 Å². The van der Waals surface area contributed by atoms with Crippen LogP contribution in [-0.2, 0) is 0 Å². The molecule has 0 bridgehead atoms. The third kappa shape index (κ3) is 2.34. The van der Waals surface area contributed by atoms with Crippen molar-refractivity contribution in [3.8, 4) is 0 Å². The number of rotatable bonds is 0. The minimum absolute atomic E-state index is 0.869. The quantitative estimate of drug-likeness (QED) is 0.466. The Balaban J connectivity index is 0.000000329. The summed E-state index contributed by atoms with van der Waals surface area (Å²) in [5, 5.41) is 2.11. The smallest absolute Gasteiger partial charge is 0.138 e. The van der Waals surface area contributed by atoms with Gasteiger partial charge in [-0.3, -0.25) is 4.98 Å². The number of benzene rings is 1. The summed E-state index contributed by atoms with van der Waals surface area (Å²) in [5.74, 6) is 0. The first-order valence-corrected chi connectivity index (χ1v) is 5.73. The van der Waals surface area contributed by atoms with Gasteiger partial charge in [-0.1, -0.05) is 6.08 Å². The van der Waals surface area contributed by atoms with E-state index in [2.05, 4.69) is 24.2 Å². The summed E-state index contributed by atoms with van der Waals surface area (Å²) in [4.78, 5) is 5.01. The van der Waals surface area contributed by atoms with E-state index in [9.17, 15) is 0 Å². The molecule has 86 valence electrons. The van der Waals surface area contributed by atoms with Crippen LogP contribution in [0.25, 0.3) is 21.9 Å². The second kappa shape index (κ2) is 5.06. The highest BCUT2D eigenvalue weighted by atomic mass is 32.1. The fourth-order valence-corrected chi connectivity index (χ4v) is 1.81. The minimum atomic E-state index is 0.869. The van der Waals surface area contributed by atoms with Crippen LogP contribution in [0.3, 0.4) is 0 Å². The average molecular weight is 243 g/mol. The summed E-state index contributed by atoms with van der Waals surface area (Å²) < 4.78 is 5.63. The molecule has 0 aliphatic rings. The van der Waals surface area contributed by atoms with Crippen molar-refractivity contribution >= 4 is 34.6 Å². The summed E-state index contributed by atoms with van der Waals surface area (Å²) in [6.45, 7) is 5.25. The first-order chi connectivity index (χ1) is 8.26. The maximum atomic E-state index is 5.63. The zero-order valence-corrected chi connectivity index (χ0v) is 10.4. The van der Waals surface area contributed by atoms with Gasteiger partial charge in [0.05, 0.1) is 0 Å². The van der Waals surface area contributed by atoms with Crippen molar-refractivity contribution in [3.63, 3.8) is 0 Å². The number of furan rings is 1. The molecule has 3 heteroatoms. The highest BCUT2D eigenvalue weighted by Crippen LogP contribution is 2.29. The fraction of sp³-hybridized carbons (Fsp3) is 0.0714. The molecule has 0 spiro atoms. The molecule has 2 nitrogen and oxygen atoms in total. The molecule has 0 aliphatic carbocycles. The van der Waals surface area contributed by atoms with E-state index < -0.39 is 0 Å². The van der Waals surface area contributed by atoms with Gasteiger partial charge in [0.1, 0.15) is 11.2 Å². The van der Waals surface area contributed by atoms with E-state index in [0.29, 0.717) is 0 Å². The van der Waals surface area contributed by atoms with E-state index in [4.69, 9.17) is 4.42 Å². The molecular weight excluding hydrogens is 230 g/mol. The summed E-state index contributed by atoms with van der Waals surface area (Å²) in [7, 11) is 0. The number of thiol groups is 1. The van der Waals surface area contributed by atoms with Crippen LogP contribution in [0.1, 0.15) is 6.92 Å². The summed E-state index contributed by atoms with van der Waals surface area (Å²) in [6, 6.07) is 7.71. The van der Waals surface area contributed by atoms with Crippen molar-refractivity contribution in [2.24, 2.45) is 0 Å². The second-order valence-electron chi connectivity index (χ2n) is 3.56. The average Bonchev–Trinajstić information content (AvgIpc) is 2.68.